The Bertz CT molecular complexity index is 660. The molecule has 0 N–H and O–H groups in total. The van der Waals surface area contributed by atoms with Crippen LogP contribution in [0.2, 0.25) is 0 Å². The number of nitrogens with zero attached hydrogens (tertiary/aromatic N) is 2. The van der Waals surface area contributed by atoms with Crippen LogP contribution in [0.15, 0.2) is 121 Å². The Kier molecular flexibility index (Phi) is 11.9. The van der Waals surface area contributed by atoms with Crippen molar-refractivity contribution in [3.63, 3.8) is 0 Å². The van der Waals surface area contributed by atoms with E-state index in [0.29, 0.717) is 5.71 Å². The molecule has 0 amide bonds. The molecule has 0 radical (unpaired) electrons. The van der Waals surface area contributed by atoms with E-state index in [1.807, 2.05) is 44.2 Å². The minimum atomic E-state index is 0.681. The van der Waals surface area contributed by atoms with E-state index >= 15 is 0 Å². The predicted octanol–water partition coefficient (Wildman–Crippen LogP) is 6.09. The molecule has 0 fully saturated rings. The molecule has 0 aliphatic carbocycles. The van der Waals surface area contributed by atoms with Gasteiger partial charge < -0.3 is 0 Å². The Balaban J connectivity index is 5.89. The van der Waals surface area contributed by atoms with E-state index in [2.05, 4.69) is 36.3 Å². The lowest BCUT2D eigenvalue weighted by Crippen LogP contribution is -1.98. The fraction of sp³-hybridized carbons (Fsp3) is 0.0909. The molecule has 0 aromatic carbocycles. The van der Waals surface area contributed by atoms with E-state index in [-0.39, 0.29) is 0 Å². The van der Waals surface area contributed by atoms with Crippen LogP contribution in [0.1, 0.15) is 13.8 Å². The highest BCUT2D eigenvalue weighted by Crippen LogP contribution is 2.08. The Labute approximate surface area is 146 Å². The summed E-state index contributed by atoms with van der Waals surface area (Å²) in [5, 5.41) is 0. The first-order valence-corrected chi connectivity index (χ1v) is 7.65. The van der Waals surface area contributed by atoms with Crippen LogP contribution in [-0.4, -0.2) is 11.4 Å². The molecule has 0 saturated heterocycles. The van der Waals surface area contributed by atoms with Crippen molar-refractivity contribution in [2.45, 2.75) is 13.8 Å². The summed E-state index contributed by atoms with van der Waals surface area (Å²) >= 11 is 0. The molecule has 0 aliphatic rings. The van der Waals surface area contributed by atoms with Crippen LogP contribution in [0.25, 0.3) is 0 Å². The van der Waals surface area contributed by atoms with E-state index in [0.717, 1.165) is 16.9 Å². The minimum Gasteiger partial charge on any atom is -0.256 e. The second-order valence-electron chi connectivity index (χ2n) is 4.45. The topological polar surface area (TPSA) is 24.7 Å². The first-order chi connectivity index (χ1) is 11.7. The third kappa shape index (κ3) is 7.85. The van der Waals surface area contributed by atoms with Crippen molar-refractivity contribution in [1.82, 2.24) is 0 Å². The summed E-state index contributed by atoms with van der Waals surface area (Å²) < 4.78 is 0. The molecule has 0 heterocycles. The van der Waals surface area contributed by atoms with Gasteiger partial charge in [0.05, 0.1) is 11.4 Å². The van der Waals surface area contributed by atoms with Crippen LogP contribution in [0.5, 0.6) is 0 Å². The lowest BCUT2D eigenvalue weighted by Gasteiger charge is -2.03. The van der Waals surface area contributed by atoms with E-state index in [1.54, 1.807) is 42.8 Å². The maximum atomic E-state index is 4.52. The summed E-state index contributed by atoms with van der Waals surface area (Å²) in [6.45, 7) is 19.0. The Hall–Kier alpha value is -3.00. The molecule has 0 aromatic heterocycles. The van der Waals surface area contributed by atoms with Gasteiger partial charge in [0.25, 0.3) is 0 Å². The summed E-state index contributed by atoms with van der Waals surface area (Å²) in [5.74, 6) is 0. The van der Waals surface area contributed by atoms with Gasteiger partial charge in [-0.25, -0.2) is 0 Å². The van der Waals surface area contributed by atoms with E-state index < -0.39 is 0 Å². The number of aliphatic imine (C=N–C) groups is 2. The largest absolute Gasteiger partial charge is 0.256 e. The zero-order valence-electron chi connectivity index (χ0n) is 14.7. The highest BCUT2D eigenvalue weighted by Gasteiger charge is 2.00. The first-order valence-electron chi connectivity index (χ1n) is 7.65. The summed E-state index contributed by atoms with van der Waals surface area (Å²) in [5.41, 5.74) is 3.17. The first kappa shape index (κ1) is 21.0. The molecule has 124 valence electrons. The average Bonchev–Trinajstić information content (AvgIpc) is 2.61. The van der Waals surface area contributed by atoms with Crippen molar-refractivity contribution in [3.05, 3.63) is 111 Å². The second kappa shape index (κ2) is 13.6. The maximum Gasteiger partial charge on any atom is 0.0711 e. The van der Waals surface area contributed by atoms with Crippen molar-refractivity contribution in [1.29, 1.82) is 0 Å². The standard InChI is InChI=1S/C22H26N2/c1-7-13-16-20(15-9-3)22(12-6)24-18-19(10-4)21(11-5)23-17-14-8-2/h7-18H,2,4-6H2,1,3H3/b13-7-,15-9-,17-14-,19-18+,20-16+,23-21+,24-22-. The predicted molar refractivity (Wildman–Crippen MR) is 111 cm³/mol. The lowest BCUT2D eigenvalue weighted by atomic mass is 10.1. The van der Waals surface area contributed by atoms with Gasteiger partial charge in [0.2, 0.25) is 0 Å². The van der Waals surface area contributed by atoms with Gasteiger partial charge in [-0.1, -0.05) is 68.8 Å². The van der Waals surface area contributed by atoms with Crippen LogP contribution in [0, 0.1) is 0 Å². The molecular weight excluding hydrogens is 292 g/mol. The Morgan fingerprint density at radius 3 is 1.92 bits per heavy atom. The van der Waals surface area contributed by atoms with E-state index in [4.69, 9.17) is 0 Å². The van der Waals surface area contributed by atoms with Gasteiger partial charge in [-0.2, -0.15) is 0 Å². The molecule has 0 saturated carbocycles. The van der Waals surface area contributed by atoms with Gasteiger partial charge in [0.15, 0.2) is 0 Å². The maximum absolute atomic E-state index is 4.52. The van der Waals surface area contributed by atoms with Crippen molar-refractivity contribution in [2.24, 2.45) is 9.98 Å². The molecular formula is C22H26N2. The number of hydrogen-bond acceptors (Lipinski definition) is 2. The van der Waals surface area contributed by atoms with Gasteiger partial charge in [-0.05, 0) is 37.6 Å². The van der Waals surface area contributed by atoms with Gasteiger partial charge in [0.1, 0.15) is 0 Å². The van der Waals surface area contributed by atoms with Crippen LogP contribution in [-0.2, 0) is 0 Å². The molecule has 0 unspecified atom stereocenters. The normalized spacial score (nSPS) is 14.6. The fourth-order valence-corrected chi connectivity index (χ4v) is 1.64. The van der Waals surface area contributed by atoms with Crippen LogP contribution < -0.4 is 0 Å². The molecule has 2 heteroatoms. The van der Waals surface area contributed by atoms with Crippen LogP contribution in [0.3, 0.4) is 0 Å². The summed E-state index contributed by atoms with van der Waals surface area (Å²) in [4.78, 5) is 8.83. The third-order valence-electron chi connectivity index (χ3n) is 2.79. The molecule has 0 atom stereocenters. The molecule has 0 aliphatic heterocycles. The summed E-state index contributed by atoms with van der Waals surface area (Å²) in [6, 6.07) is 0. The molecule has 24 heavy (non-hydrogen) atoms. The molecule has 2 nitrogen and oxygen atoms in total. The Morgan fingerprint density at radius 1 is 0.750 bits per heavy atom. The summed E-state index contributed by atoms with van der Waals surface area (Å²) in [6.07, 6.45) is 21.7. The average molecular weight is 318 g/mol. The molecule has 0 aromatic rings. The van der Waals surface area contributed by atoms with Gasteiger partial charge in [-0.3, -0.25) is 9.98 Å². The second-order valence-corrected chi connectivity index (χ2v) is 4.45. The van der Waals surface area contributed by atoms with E-state index in [9.17, 15) is 0 Å². The molecule has 0 spiro atoms. The number of rotatable bonds is 10. The highest BCUT2D eigenvalue weighted by molar-refractivity contribution is 6.12. The monoisotopic (exact) mass is 318 g/mol. The van der Waals surface area contributed by atoms with Crippen molar-refractivity contribution < 1.29 is 0 Å². The van der Waals surface area contributed by atoms with Gasteiger partial charge in [-0.15, -0.1) is 0 Å². The van der Waals surface area contributed by atoms with Crippen molar-refractivity contribution >= 4 is 11.4 Å². The van der Waals surface area contributed by atoms with Crippen LogP contribution in [0.4, 0.5) is 0 Å². The van der Waals surface area contributed by atoms with Gasteiger partial charge >= 0.3 is 0 Å². The Morgan fingerprint density at radius 2 is 1.42 bits per heavy atom. The highest BCUT2D eigenvalue weighted by atomic mass is 14.7. The number of allylic oxidation sites excluding steroid dienone is 12. The number of hydrogen-bond donors (Lipinski definition) is 0. The molecule has 0 rings (SSSR count). The van der Waals surface area contributed by atoms with Crippen molar-refractivity contribution in [2.75, 3.05) is 0 Å². The lowest BCUT2D eigenvalue weighted by molar-refractivity contribution is 1.48. The SMILES string of the molecule is C=C/C=C\N=C(C=C)\C(C=C)=C\N=C(C=C)/C(/C=C\C)=C/C=C\C. The minimum absolute atomic E-state index is 0.681. The fourth-order valence-electron chi connectivity index (χ4n) is 1.64. The van der Waals surface area contributed by atoms with Crippen LogP contribution >= 0.6 is 0 Å². The zero-order valence-corrected chi connectivity index (χ0v) is 14.7. The summed E-state index contributed by atoms with van der Waals surface area (Å²) in [7, 11) is 0. The quantitative estimate of drug-likeness (QED) is 0.344. The third-order valence-corrected chi connectivity index (χ3v) is 2.79. The van der Waals surface area contributed by atoms with E-state index in [1.165, 1.54) is 0 Å². The van der Waals surface area contributed by atoms with Gasteiger partial charge in [0, 0.05) is 18.0 Å². The zero-order chi connectivity index (χ0) is 18.2. The molecule has 0 bridgehead atoms. The van der Waals surface area contributed by atoms with Crippen molar-refractivity contribution in [3.8, 4) is 0 Å². The smallest absolute Gasteiger partial charge is 0.0711 e.